The van der Waals surface area contributed by atoms with Crippen molar-refractivity contribution in [3.63, 3.8) is 0 Å². The molecule has 9 nitrogen and oxygen atoms in total. The van der Waals surface area contributed by atoms with E-state index in [9.17, 15) is 26.4 Å². The normalized spacial score (nSPS) is 11.6. The van der Waals surface area contributed by atoms with Crippen LogP contribution in [0.3, 0.4) is 0 Å². The third-order valence-electron chi connectivity index (χ3n) is 4.62. The van der Waals surface area contributed by atoms with Crippen LogP contribution >= 0.6 is 22.7 Å². The van der Waals surface area contributed by atoms with Crippen molar-refractivity contribution in [1.29, 1.82) is 0 Å². The largest absolute Gasteiger partial charge is 0.454 e. The van der Waals surface area contributed by atoms with Gasteiger partial charge in [0.25, 0.3) is 20.0 Å². The maximum atomic E-state index is 12.7. The van der Waals surface area contributed by atoms with Gasteiger partial charge in [0.15, 0.2) is 12.4 Å². The highest BCUT2D eigenvalue weighted by Gasteiger charge is 2.21. The summed E-state index contributed by atoms with van der Waals surface area (Å²) in [5, 5.41) is 3.18. The van der Waals surface area contributed by atoms with Gasteiger partial charge in [-0.2, -0.15) is 0 Å². The van der Waals surface area contributed by atoms with Crippen LogP contribution in [0.1, 0.15) is 20.7 Å². The highest BCUT2D eigenvalue weighted by molar-refractivity contribution is 7.95. The van der Waals surface area contributed by atoms with Crippen LogP contribution in [-0.4, -0.2) is 35.2 Å². The van der Waals surface area contributed by atoms with Gasteiger partial charge in [-0.05, 0) is 41.1 Å². The highest BCUT2D eigenvalue weighted by atomic mass is 32.3. The number of hydrogen-bond acceptors (Lipinski definition) is 9. The Morgan fingerprint density at radius 1 is 0.694 bits per heavy atom. The first-order valence-corrected chi connectivity index (χ1v) is 14.9. The van der Waals surface area contributed by atoms with Crippen LogP contribution in [0.4, 0.5) is 11.4 Å². The predicted molar refractivity (Wildman–Crippen MR) is 138 cm³/mol. The van der Waals surface area contributed by atoms with Gasteiger partial charge in [-0.25, -0.2) is 21.6 Å². The van der Waals surface area contributed by atoms with E-state index in [-0.39, 0.29) is 25.4 Å². The van der Waals surface area contributed by atoms with Crippen molar-refractivity contribution in [1.82, 2.24) is 0 Å². The molecular weight excluding hydrogens is 545 g/mol. The van der Waals surface area contributed by atoms with Gasteiger partial charge >= 0.3 is 5.97 Å². The van der Waals surface area contributed by atoms with Crippen LogP contribution in [0.5, 0.6) is 0 Å². The van der Waals surface area contributed by atoms with E-state index in [1.807, 2.05) is 0 Å². The lowest BCUT2D eigenvalue weighted by Gasteiger charge is -2.13. The summed E-state index contributed by atoms with van der Waals surface area (Å²) in [4.78, 5) is 25.0. The molecule has 36 heavy (non-hydrogen) atoms. The summed E-state index contributed by atoms with van der Waals surface area (Å²) in [7, 11) is -7.98. The highest BCUT2D eigenvalue weighted by Crippen LogP contribution is 2.27. The van der Waals surface area contributed by atoms with Crippen LogP contribution in [0.15, 0.2) is 92.0 Å². The summed E-state index contributed by atoms with van der Waals surface area (Å²) in [6.45, 7) is -0.551. The molecule has 186 valence electrons. The molecule has 0 amide bonds. The average molecular weight is 563 g/mol. The lowest BCUT2D eigenvalue weighted by Crippen LogP contribution is -2.17. The second-order valence-corrected chi connectivity index (χ2v) is 13.0. The minimum absolute atomic E-state index is 0.0321. The zero-order valence-corrected chi connectivity index (χ0v) is 21.5. The number of rotatable bonds is 10. The lowest BCUT2D eigenvalue weighted by atomic mass is 10.1. The van der Waals surface area contributed by atoms with E-state index in [1.165, 1.54) is 30.3 Å². The number of sulfonamides is 2. The van der Waals surface area contributed by atoms with Gasteiger partial charge in [0.05, 0.1) is 16.9 Å². The molecule has 0 fully saturated rings. The van der Waals surface area contributed by atoms with Crippen molar-refractivity contribution in [3.05, 3.63) is 94.7 Å². The fourth-order valence-corrected chi connectivity index (χ4v) is 7.10. The summed E-state index contributed by atoms with van der Waals surface area (Å²) in [6.07, 6.45) is 0. The van der Waals surface area contributed by atoms with Crippen molar-refractivity contribution >= 4 is 65.8 Å². The second-order valence-electron chi connectivity index (χ2n) is 7.24. The third kappa shape index (κ3) is 6.18. The zero-order valence-electron chi connectivity index (χ0n) is 18.3. The SMILES string of the molecule is O=C(COC(=O)c1cc(NS(=O)(=O)c2cccs2)cc(NS(=O)(=O)c2cccs2)c1)c1ccccc1. The molecule has 2 aromatic carbocycles. The Kier molecular flexibility index (Phi) is 7.54. The molecule has 4 rings (SSSR count). The number of carbonyl (C=O) groups excluding carboxylic acids is 2. The quantitative estimate of drug-likeness (QED) is 0.215. The summed E-state index contributed by atoms with van der Waals surface area (Å²) >= 11 is 1.98. The van der Waals surface area contributed by atoms with Crippen LogP contribution in [0.25, 0.3) is 0 Å². The number of carbonyl (C=O) groups is 2. The van der Waals surface area contributed by atoms with E-state index in [2.05, 4.69) is 9.44 Å². The molecule has 2 heterocycles. The van der Waals surface area contributed by atoms with Gasteiger partial charge in [-0.3, -0.25) is 14.2 Å². The van der Waals surface area contributed by atoms with Crippen LogP contribution in [0, 0.1) is 0 Å². The van der Waals surface area contributed by atoms with Crippen molar-refractivity contribution in [2.24, 2.45) is 0 Å². The third-order valence-corrected chi connectivity index (χ3v) is 10.2. The number of Topliss-reactive ketones (excluding diaryl/α,β-unsaturated/α-hetero) is 1. The van der Waals surface area contributed by atoms with Crippen molar-refractivity contribution in [2.45, 2.75) is 8.42 Å². The standard InChI is InChI=1S/C23H18N2O7S4/c26-20(16-6-2-1-3-7-16)15-32-23(27)17-12-18(24-35(28,29)21-8-4-10-33-21)14-19(13-17)25-36(30,31)22-9-5-11-34-22/h1-14,24-25H,15H2. The number of thiophene rings is 2. The number of ketones is 1. The minimum atomic E-state index is -3.99. The molecular formula is C23H18N2O7S4. The molecule has 0 spiro atoms. The molecule has 0 unspecified atom stereocenters. The maximum absolute atomic E-state index is 12.7. The Labute approximate surface area is 215 Å². The van der Waals surface area contributed by atoms with Gasteiger partial charge < -0.3 is 4.74 Å². The first-order valence-electron chi connectivity index (χ1n) is 10.2. The van der Waals surface area contributed by atoms with Gasteiger partial charge in [0.2, 0.25) is 0 Å². The molecule has 0 atom stereocenters. The fraction of sp³-hybridized carbons (Fsp3) is 0.0435. The number of anilines is 2. The first kappa shape index (κ1) is 25.6. The van der Waals surface area contributed by atoms with E-state index in [4.69, 9.17) is 4.74 Å². The Morgan fingerprint density at radius 3 is 1.69 bits per heavy atom. The van der Waals surface area contributed by atoms with E-state index in [1.54, 1.807) is 53.2 Å². The average Bonchev–Trinajstić information content (AvgIpc) is 3.57. The number of ether oxygens (including phenoxy) is 1. The van der Waals surface area contributed by atoms with Crippen molar-refractivity contribution in [2.75, 3.05) is 16.1 Å². The van der Waals surface area contributed by atoms with E-state index in [0.717, 1.165) is 22.7 Å². The smallest absolute Gasteiger partial charge is 0.338 e. The molecule has 0 saturated heterocycles. The predicted octanol–water partition coefficient (Wildman–Crippen LogP) is 4.45. The first-order chi connectivity index (χ1) is 17.1. The van der Waals surface area contributed by atoms with E-state index < -0.39 is 38.4 Å². The maximum Gasteiger partial charge on any atom is 0.338 e. The van der Waals surface area contributed by atoms with Crippen molar-refractivity contribution in [3.8, 4) is 0 Å². The summed E-state index contributed by atoms with van der Waals surface area (Å²) in [5.41, 5.74) is 0.0468. The zero-order chi connectivity index (χ0) is 25.8. The second kappa shape index (κ2) is 10.6. The molecule has 4 aromatic rings. The Hall–Kier alpha value is -3.52. The van der Waals surface area contributed by atoms with Gasteiger partial charge in [0, 0.05) is 5.56 Å². The summed E-state index contributed by atoms with van der Waals surface area (Å²) in [6, 6.07) is 17.8. The molecule has 0 aliphatic carbocycles. The Balaban J connectivity index is 1.62. The van der Waals surface area contributed by atoms with Gasteiger partial charge in [-0.15, -0.1) is 22.7 Å². The molecule has 0 bridgehead atoms. The monoisotopic (exact) mass is 562 g/mol. The van der Waals surface area contributed by atoms with Crippen LogP contribution < -0.4 is 9.44 Å². The van der Waals surface area contributed by atoms with Gasteiger partial charge in [0.1, 0.15) is 8.42 Å². The fourth-order valence-electron chi connectivity index (χ4n) is 3.03. The molecule has 0 aliphatic rings. The summed E-state index contributed by atoms with van der Waals surface area (Å²) in [5.74, 6) is -1.37. The number of nitrogens with one attached hydrogen (secondary N) is 2. The molecule has 0 radical (unpaired) electrons. The van der Waals surface area contributed by atoms with Gasteiger partial charge in [-0.1, -0.05) is 42.5 Å². The number of hydrogen-bond donors (Lipinski definition) is 2. The van der Waals surface area contributed by atoms with E-state index >= 15 is 0 Å². The molecule has 0 saturated carbocycles. The topological polar surface area (TPSA) is 136 Å². The van der Waals surface area contributed by atoms with E-state index in [0.29, 0.717) is 5.56 Å². The molecule has 2 N–H and O–H groups in total. The molecule has 0 aliphatic heterocycles. The lowest BCUT2D eigenvalue weighted by molar-refractivity contribution is 0.0475. The molecule has 13 heteroatoms. The number of esters is 1. The molecule has 2 aromatic heterocycles. The minimum Gasteiger partial charge on any atom is -0.454 e. The Morgan fingerprint density at radius 2 is 1.22 bits per heavy atom. The van der Waals surface area contributed by atoms with Crippen LogP contribution in [-0.2, 0) is 24.8 Å². The van der Waals surface area contributed by atoms with Crippen LogP contribution in [0.2, 0.25) is 0 Å². The Bertz CT molecular complexity index is 1500. The van der Waals surface area contributed by atoms with Crippen molar-refractivity contribution < 1.29 is 31.2 Å². The summed E-state index contributed by atoms with van der Waals surface area (Å²) < 4.78 is 60.7. The number of benzene rings is 2.